The number of hydrogen-bond donors (Lipinski definition) is 1. The Morgan fingerprint density at radius 2 is 2.04 bits per heavy atom. The van der Waals surface area contributed by atoms with E-state index in [0.29, 0.717) is 28.4 Å². The molecule has 7 heteroatoms. The van der Waals surface area contributed by atoms with Gasteiger partial charge in [-0.15, -0.1) is 0 Å². The minimum Gasteiger partial charge on any atom is -0.408 e. The zero-order chi connectivity index (χ0) is 19.1. The van der Waals surface area contributed by atoms with Crippen molar-refractivity contribution in [3.05, 3.63) is 64.7 Å². The highest BCUT2D eigenvalue weighted by atomic mass is 16.4. The van der Waals surface area contributed by atoms with E-state index in [1.165, 1.54) is 4.57 Å². The zero-order valence-electron chi connectivity index (χ0n) is 15.4. The van der Waals surface area contributed by atoms with Crippen LogP contribution in [0.3, 0.4) is 0 Å². The van der Waals surface area contributed by atoms with Gasteiger partial charge in [-0.2, -0.15) is 0 Å². The summed E-state index contributed by atoms with van der Waals surface area (Å²) in [6, 6.07) is 10.8. The van der Waals surface area contributed by atoms with Gasteiger partial charge in [-0.25, -0.2) is 9.78 Å². The molecule has 0 radical (unpaired) electrons. The first-order valence-electron chi connectivity index (χ1n) is 8.81. The Morgan fingerprint density at radius 3 is 2.81 bits per heavy atom. The van der Waals surface area contributed by atoms with Crippen LogP contribution in [0.5, 0.6) is 0 Å². The molecule has 0 spiro atoms. The van der Waals surface area contributed by atoms with Crippen LogP contribution < -0.4 is 11.1 Å². The lowest BCUT2D eigenvalue weighted by atomic mass is 10.1. The predicted molar refractivity (Wildman–Crippen MR) is 103 cm³/mol. The molecule has 0 aliphatic rings. The number of benzene rings is 1. The number of carbonyl (C=O) groups excluding carboxylic acids is 1. The summed E-state index contributed by atoms with van der Waals surface area (Å²) in [6.07, 6.45) is 2.70. The van der Waals surface area contributed by atoms with Crippen LogP contribution in [0, 0.1) is 5.92 Å². The van der Waals surface area contributed by atoms with E-state index in [9.17, 15) is 9.59 Å². The number of nitrogens with zero attached hydrogens (tertiary/aromatic N) is 3. The number of amides is 1. The van der Waals surface area contributed by atoms with Gasteiger partial charge < -0.3 is 14.1 Å². The highest BCUT2D eigenvalue weighted by Crippen LogP contribution is 2.20. The van der Waals surface area contributed by atoms with E-state index >= 15 is 0 Å². The summed E-state index contributed by atoms with van der Waals surface area (Å²) in [4.78, 5) is 29.1. The molecule has 27 heavy (non-hydrogen) atoms. The van der Waals surface area contributed by atoms with Crippen LogP contribution in [0.2, 0.25) is 0 Å². The summed E-state index contributed by atoms with van der Waals surface area (Å²) >= 11 is 0. The number of imidazole rings is 1. The van der Waals surface area contributed by atoms with Crippen LogP contribution in [-0.2, 0) is 13.5 Å². The molecule has 0 unspecified atom stereocenters. The number of rotatable bonds is 4. The molecule has 3 aromatic heterocycles. The summed E-state index contributed by atoms with van der Waals surface area (Å²) in [7, 11) is 1.63. The number of anilines is 1. The first kappa shape index (κ1) is 17.1. The highest BCUT2D eigenvalue weighted by Gasteiger charge is 2.18. The summed E-state index contributed by atoms with van der Waals surface area (Å²) in [5, 5.41) is 2.87. The molecule has 0 aliphatic heterocycles. The van der Waals surface area contributed by atoms with Gasteiger partial charge in [0.25, 0.3) is 5.91 Å². The van der Waals surface area contributed by atoms with Crippen LogP contribution in [0.4, 0.5) is 5.69 Å². The Bertz CT molecular complexity index is 1210. The van der Waals surface area contributed by atoms with Gasteiger partial charge in [0.2, 0.25) is 0 Å². The molecule has 0 saturated carbocycles. The second-order valence-electron chi connectivity index (χ2n) is 6.99. The number of nitrogens with one attached hydrogen (secondary N) is 1. The molecule has 0 aliphatic carbocycles. The summed E-state index contributed by atoms with van der Waals surface area (Å²) in [5.74, 6) is 0.559. The lowest BCUT2D eigenvalue weighted by molar-refractivity contribution is 0.102. The standard InChI is InChI=1S/C20H20N4O3/c1-12(2)10-17-22-18(14-6-4-5-9-24(14)17)19(25)21-13-7-8-16-15(11-13)23(3)20(26)27-16/h4-9,11-12H,10H2,1-3H3,(H,21,25). The van der Waals surface area contributed by atoms with Crippen molar-refractivity contribution in [2.45, 2.75) is 20.3 Å². The van der Waals surface area contributed by atoms with Crippen molar-refractivity contribution in [1.29, 1.82) is 0 Å². The maximum Gasteiger partial charge on any atom is 0.419 e. The van der Waals surface area contributed by atoms with Crippen LogP contribution in [-0.4, -0.2) is 19.9 Å². The van der Waals surface area contributed by atoms with Crippen LogP contribution >= 0.6 is 0 Å². The Labute approximate surface area is 155 Å². The normalized spacial score (nSPS) is 11.6. The third-order valence-corrected chi connectivity index (χ3v) is 4.48. The van der Waals surface area contributed by atoms with Crippen LogP contribution in [0.15, 0.2) is 51.8 Å². The van der Waals surface area contributed by atoms with Crippen molar-refractivity contribution in [2.24, 2.45) is 13.0 Å². The summed E-state index contributed by atoms with van der Waals surface area (Å²) in [5.41, 5.74) is 2.82. The Balaban J connectivity index is 1.71. The van der Waals surface area contributed by atoms with E-state index in [4.69, 9.17) is 4.42 Å². The van der Waals surface area contributed by atoms with Gasteiger partial charge in [0.1, 0.15) is 5.82 Å². The molecular formula is C20H20N4O3. The molecule has 138 valence electrons. The van der Waals surface area contributed by atoms with E-state index < -0.39 is 5.76 Å². The number of aryl methyl sites for hydroxylation is 1. The van der Waals surface area contributed by atoms with Crippen LogP contribution in [0.1, 0.15) is 30.2 Å². The van der Waals surface area contributed by atoms with E-state index in [-0.39, 0.29) is 5.91 Å². The second kappa shape index (κ2) is 6.42. The Hall–Kier alpha value is -3.35. The zero-order valence-corrected chi connectivity index (χ0v) is 15.4. The van der Waals surface area contributed by atoms with Gasteiger partial charge in [-0.3, -0.25) is 9.36 Å². The molecule has 0 bridgehead atoms. The number of oxazole rings is 1. The summed E-state index contributed by atoms with van der Waals surface area (Å²) < 4.78 is 8.48. The third kappa shape index (κ3) is 3.01. The molecule has 4 aromatic rings. The lowest BCUT2D eigenvalue weighted by Crippen LogP contribution is -2.13. The smallest absolute Gasteiger partial charge is 0.408 e. The molecular weight excluding hydrogens is 344 g/mol. The van der Waals surface area contributed by atoms with Gasteiger partial charge in [0.05, 0.1) is 11.0 Å². The number of aromatic nitrogens is 3. The molecule has 1 N–H and O–H groups in total. The lowest BCUT2D eigenvalue weighted by Gasteiger charge is -2.04. The molecule has 3 heterocycles. The molecule has 1 amide bonds. The van der Waals surface area contributed by atoms with Gasteiger partial charge in [0.15, 0.2) is 11.3 Å². The average Bonchev–Trinajstić information content (AvgIpc) is 3.13. The third-order valence-electron chi connectivity index (χ3n) is 4.48. The number of fused-ring (bicyclic) bond motifs is 2. The fraction of sp³-hybridized carbons (Fsp3) is 0.250. The van der Waals surface area contributed by atoms with Gasteiger partial charge in [-0.05, 0) is 36.2 Å². The maximum absolute atomic E-state index is 12.9. The first-order valence-corrected chi connectivity index (χ1v) is 8.81. The minimum atomic E-state index is -0.438. The fourth-order valence-corrected chi connectivity index (χ4v) is 3.17. The second-order valence-corrected chi connectivity index (χ2v) is 6.99. The number of hydrogen-bond acceptors (Lipinski definition) is 4. The van der Waals surface area contributed by atoms with Crippen molar-refractivity contribution >= 4 is 28.2 Å². The number of pyridine rings is 1. The number of carbonyl (C=O) groups is 1. The fourth-order valence-electron chi connectivity index (χ4n) is 3.17. The van der Waals surface area contributed by atoms with Crippen LogP contribution in [0.25, 0.3) is 16.6 Å². The average molecular weight is 364 g/mol. The Morgan fingerprint density at radius 1 is 1.22 bits per heavy atom. The van der Waals surface area contributed by atoms with Crippen molar-refractivity contribution in [3.8, 4) is 0 Å². The quantitative estimate of drug-likeness (QED) is 0.603. The first-order chi connectivity index (χ1) is 12.9. The van der Waals surface area contributed by atoms with Crippen molar-refractivity contribution in [3.63, 3.8) is 0 Å². The molecule has 0 fully saturated rings. The van der Waals surface area contributed by atoms with Gasteiger partial charge in [-0.1, -0.05) is 19.9 Å². The predicted octanol–water partition coefficient (Wildman–Crippen LogP) is 3.23. The largest absolute Gasteiger partial charge is 0.419 e. The van der Waals surface area contributed by atoms with Gasteiger partial charge >= 0.3 is 5.76 Å². The van der Waals surface area contributed by atoms with Crippen molar-refractivity contribution < 1.29 is 9.21 Å². The molecule has 4 rings (SSSR count). The van der Waals surface area contributed by atoms with Crippen molar-refractivity contribution in [1.82, 2.24) is 14.0 Å². The molecule has 0 saturated heterocycles. The maximum atomic E-state index is 12.9. The topological polar surface area (TPSA) is 81.5 Å². The van der Waals surface area contributed by atoms with E-state index in [1.54, 1.807) is 25.2 Å². The molecule has 1 aromatic carbocycles. The summed E-state index contributed by atoms with van der Waals surface area (Å²) in [6.45, 7) is 4.24. The SMILES string of the molecule is CC(C)Cc1nc(C(=O)Nc2ccc3oc(=O)n(C)c3c2)c2ccccn12. The van der Waals surface area contributed by atoms with E-state index in [0.717, 1.165) is 17.8 Å². The van der Waals surface area contributed by atoms with E-state index in [1.807, 2.05) is 28.8 Å². The van der Waals surface area contributed by atoms with Crippen molar-refractivity contribution in [2.75, 3.05) is 5.32 Å². The monoisotopic (exact) mass is 364 g/mol. The highest BCUT2D eigenvalue weighted by molar-refractivity contribution is 6.08. The molecule has 7 nitrogen and oxygen atoms in total. The van der Waals surface area contributed by atoms with Gasteiger partial charge in [0, 0.05) is 25.4 Å². The molecule has 0 atom stereocenters. The Kier molecular flexibility index (Phi) is 4.07. The van der Waals surface area contributed by atoms with E-state index in [2.05, 4.69) is 24.1 Å². The minimum absolute atomic E-state index is 0.290.